The molecular weight excluding hydrogens is 180 g/mol. The van der Waals surface area contributed by atoms with Crippen LogP contribution in [-0.2, 0) is 0 Å². The Morgan fingerprint density at radius 1 is 1.50 bits per heavy atom. The third kappa shape index (κ3) is 1.83. The smallest absolute Gasteiger partial charge is 0.293 e. The summed E-state index contributed by atoms with van der Waals surface area (Å²) in [7, 11) is 3.50. The highest BCUT2D eigenvalue weighted by Crippen LogP contribution is 2.27. The monoisotopic (exact) mass is 190 g/mol. The molecule has 0 aliphatic rings. The van der Waals surface area contributed by atoms with Crippen LogP contribution in [0.25, 0.3) is 0 Å². The van der Waals surface area contributed by atoms with Gasteiger partial charge in [-0.05, 0) is 12.1 Å². The molecule has 4 heteroatoms. The third-order valence-electron chi connectivity index (χ3n) is 1.82. The fourth-order valence-electron chi connectivity index (χ4n) is 1.14. The number of benzene rings is 1. The van der Waals surface area contributed by atoms with Crippen LogP contribution in [0.1, 0.15) is 5.56 Å². The minimum atomic E-state index is -0.434. The lowest BCUT2D eigenvalue weighted by Crippen LogP contribution is -2.10. The molecule has 1 aromatic carbocycles. The largest absolute Gasteiger partial charge is 0.372 e. The van der Waals surface area contributed by atoms with Gasteiger partial charge in [-0.3, -0.25) is 10.1 Å². The van der Waals surface area contributed by atoms with E-state index in [0.29, 0.717) is 11.3 Å². The van der Waals surface area contributed by atoms with Crippen molar-refractivity contribution in [3.05, 3.63) is 33.9 Å². The first kappa shape index (κ1) is 10.1. The molecule has 0 heterocycles. The molecule has 0 fully saturated rings. The summed E-state index contributed by atoms with van der Waals surface area (Å²) >= 11 is 0. The van der Waals surface area contributed by atoms with Crippen molar-refractivity contribution in [1.82, 2.24) is 0 Å². The van der Waals surface area contributed by atoms with Crippen LogP contribution in [0.5, 0.6) is 0 Å². The molecule has 0 amide bonds. The van der Waals surface area contributed by atoms with Crippen molar-refractivity contribution in [3.63, 3.8) is 0 Å². The highest BCUT2D eigenvalue weighted by atomic mass is 16.6. The molecule has 72 valence electrons. The lowest BCUT2D eigenvalue weighted by Gasteiger charge is -2.12. The molecule has 0 aliphatic heterocycles. The first-order valence-electron chi connectivity index (χ1n) is 3.98. The number of hydrogen-bond acceptors (Lipinski definition) is 3. The Bertz CT molecular complexity index is 405. The van der Waals surface area contributed by atoms with E-state index in [1.165, 1.54) is 6.07 Å². The number of anilines is 1. The zero-order valence-corrected chi connectivity index (χ0v) is 8.02. The van der Waals surface area contributed by atoms with E-state index in [9.17, 15) is 10.1 Å². The van der Waals surface area contributed by atoms with Crippen LogP contribution in [-0.4, -0.2) is 19.0 Å². The van der Waals surface area contributed by atoms with Crippen molar-refractivity contribution in [3.8, 4) is 12.3 Å². The summed E-state index contributed by atoms with van der Waals surface area (Å²) in [6, 6.07) is 4.73. The maximum atomic E-state index is 10.7. The van der Waals surface area contributed by atoms with Crippen LogP contribution in [0.2, 0.25) is 0 Å². The van der Waals surface area contributed by atoms with Gasteiger partial charge < -0.3 is 4.90 Å². The van der Waals surface area contributed by atoms with Gasteiger partial charge in [-0.1, -0.05) is 5.92 Å². The second-order valence-corrected chi connectivity index (χ2v) is 3.00. The first-order chi connectivity index (χ1) is 6.56. The molecule has 0 aliphatic carbocycles. The van der Waals surface area contributed by atoms with Gasteiger partial charge in [-0.2, -0.15) is 0 Å². The molecular formula is C10H10N2O2. The Kier molecular flexibility index (Phi) is 2.73. The topological polar surface area (TPSA) is 46.4 Å². The van der Waals surface area contributed by atoms with Crippen molar-refractivity contribution < 1.29 is 4.92 Å². The molecule has 1 aromatic rings. The predicted octanol–water partition coefficient (Wildman–Crippen LogP) is 1.64. The fraction of sp³-hybridized carbons (Fsp3) is 0.200. The second kappa shape index (κ2) is 3.79. The van der Waals surface area contributed by atoms with Gasteiger partial charge in [0.05, 0.1) is 4.92 Å². The van der Waals surface area contributed by atoms with Crippen molar-refractivity contribution in [1.29, 1.82) is 0 Å². The SMILES string of the molecule is C#Cc1ccc(N(C)C)c([N+](=O)[O-])c1. The molecule has 0 unspecified atom stereocenters. The van der Waals surface area contributed by atoms with E-state index in [4.69, 9.17) is 6.42 Å². The fourth-order valence-corrected chi connectivity index (χ4v) is 1.14. The molecule has 0 atom stereocenters. The third-order valence-corrected chi connectivity index (χ3v) is 1.82. The minimum Gasteiger partial charge on any atom is -0.372 e. The molecule has 1 rings (SSSR count). The highest BCUT2D eigenvalue weighted by molar-refractivity contribution is 5.65. The number of nitro benzene ring substituents is 1. The molecule has 0 aromatic heterocycles. The summed E-state index contributed by atoms with van der Waals surface area (Å²) in [6.45, 7) is 0. The van der Waals surface area contributed by atoms with Crippen LogP contribution in [0.15, 0.2) is 18.2 Å². The Labute approximate surface area is 82.3 Å². The van der Waals surface area contributed by atoms with E-state index in [2.05, 4.69) is 5.92 Å². The lowest BCUT2D eigenvalue weighted by atomic mass is 10.2. The summed E-state index contributed by atoms with van der Waals surface area (Å²) in [5, 5.41) is 10.7. The quantitative estimate of drug-likeness (QED) is 0.404. The summed E-state index contributed by atoms with van der Waals surface area (Å²) in [5.74, 6) is 2.37. The van der Waals surface area contributed by atoms with Gasteiger partial charge >= 0.3 is 0 Å². The van der Waals surface area contributed by atoms with Gasteiger partial charge in [0.2, 0.25) is 0 Å². The Morgan fingerprint density at radius 3 is 2.57 bits per heavy atom. The minimum absolute atomic E-state index is 0.0328. The van der Waals surface area contributed by atoms with Gasteiger partial charge in [0.1, 0.15) is 5.69 Å². The van der Waals surface area contributed by atoms with Gasteiger partial charge in [-0.25, -0.2) is 0 Å². The number of nitrogens with zero attached hydrogens (tertiary/aromatic N) is 2. The molecule has 0 saturated carbocycles. The first-order valence-corrected chi connectivity index (χ1v) is 3.98. The molecule has 0 spiro atoms. The maximum absolute atomic E-state index is 10.7. The normalized spacial score (nSPS) is 9.21. The van der Waals surface area contributed by atoms with E-state index in [1.54, 1.807) is 31.1 Å². The summed E-state index contributed by atoms with van der Waals surface area (Å²) < 4.78 is 0. The van der Waals surface area contributed by atoms with Crippen LogP contribution in [0.3, 0.4) is 0 Å². The standard InChI is InChI=1S/C10H10N2O2/c1-4-8-5-6-9(11(2)3)10(7-8)12(13)14/h1,5-7H,2-3H3. The van der Waals surface area contributed by atoms with E-state index in [1.807, 2.05) is 0 Å². The molecule has 14 heavy (non-hydrogen) atoms. The predicted molar refractivity (Wildman–Crippen MR) is 55.4 cm³/mol. The Hall–Kier alpha value is -2.02. The van der Waals surface area contributed by atoms with Crippen molar-refractivity contribution in [2.24, 2.45) is 0 Å². The number of nitro groups is 1. The van der Waals surface area contributed by atoms with Crippen LogP contribution >= 0.6 is 0 Å². The number of terminal acetylenes is 1. The molecule has 0 radical (unpaired) electrons. The van der Waals surface area contributed by atoms with Crippen LogP contribution in [0.4, 0.5) is 11.4 Å². The Morgan fingerprint density at radius 2 is 2.14 bits per heavy atom. The zero-order valence-electron chi connectivity index (χ0n) is 8.02. The average molecular weight is 190 g/mol. The summed E-state index contributed by atoms with van der Waals surface area (Å²) in [5.41, 5.74) is 1.10. The molecule has 0 N–H and O–H groups in total. The Balaban J connectivity index is 3.33. The van der Waals surface area contributed by atoms with Crippen molar-refractivity contribution in [2.75, 3.05) is 19.0 Å². The molecule has 0 saturated heterocycles. The van der Waals surface area contributed by atoms with E-state index >= 15 is 0 Å². The van der Waals surface area contributed by atoms with Crippen LogP contribution in [0, 0.1) is 22.5 Å². The maximum Gasteiger partial charge on any atom is 0.293 e. The lowest BCUT2D eigenvalue weighted by molar-refractivity contribution is -0.384. The van der Waals surface area contributed by atoms with Gasteiger partial charge in [0, 0.05) is 25.7 Å². The second-order valence-electron chi connectivity index (χ2n) is 3.00. The summed E-state index contributed by atoms with van der Waals surface area (Å²) in [4.78, 5) is 11.9. The number of hydrogen-bond donors (Lipinski definition) is 0. The summed E-state index contributed by atoms with van der Waals surface area (Å²) in [6.07, 6.45) is 5.16. The highest BCUT2D eigenvalue weighted by Gasteiger charge is 2.15. The zero-order chi connectivity index (χ0) is 10.7. The van der Waals surface area contributed by atoms with E-state index < -0.39 is 4.92 Å². The van der Waals surface area contributed by atoms with Gasteiger partial charge in [0.25, 0.3) is 5.69 Å². The van der Waals surface area contributed by atoms with Crippen molar-refractivity contribution >= 4 is 11.4 Å². The molecule has 0 bridgehead atoms. The van der Waals surface area contributed by atoms with E-state index in [0.717, 1.165) is 0 Å². The van der Waals surface area contributed by atoms with Crippen LogP contribution < -0.4 is 4.90 Å². The number of rotatable bonds is 2. The molecule has 4 nitrogen and oxygen atoms in total. The van der Waals surface area contributed by atoms with Gasteiger partial charge in [0.15, 0.2) is 0 Å². The van der Waals surface area contributed by atoms with E-state index in [-0.39, 0.29) is 5.69 Å². The van der Waals surface area contributed by atoms with Gasteiger partial charge in [-0.15, -0.1) is 6.42 Å². The average Bonchev–Trinajstić information content (AvgIpc) is 2.16. The van der Waals surface area contributed by atoms with Crippen molar-refractivity contribution in [2.45, 2.75) is 0 Å².